The fourth-order valence-electron chi connectivity index (χ4n) is 1.62. The molecule has 1 heterocycles. The van der Waals surface area contributed by atoms with Crippen molar-refractivity contribution in [3.8, 4) is 11.8 Å². The van der Waals surface area contributed by atoms with Crippen LogP contribution in [0.25, 0.3) is 0 Å². The van der Waals surface area contributed by atoms with E-state index in [4.69, 9.17) is 21.8 Å². The second-order valence-electron chi connectivity index (χ2n) is 3.99. The van der Waals surface area contributed by atoms with E-state index in [0.29, 0.717) is 13.1 Å². The first-order valence-electron chi connectivity index (χ1n) is 6.00. The minimum absolute atomic E-state index is 0.189. The molecular formula is C15H13ClN2O2. The van der Waals surface area contributed by atoms with Crippen LogP contribution in [-0.4, -0.2) is 12.5 Å². The zero-order valence-corrected chi connectivity index (χ0v) is 11.4. The molecule has 20 heavy (non-hydrogen) atoms. The molecule has 0 saturated heterocycles. The van der Waals surface area contributed by atoms with Crippen LogP contribution in [0.3, 0.4) is 0 Å². The van der Waals surface area contributed by atoms with Crippen molar-refractivity contribution < 1.29 is 9.21 Å². The predicted octanol–water partition coefficient (Wildman–Crippen LogP) is 2.17. The molecule has 0 aliphatic rings. The summed E-state index contributed by atoms with van der Waals surface area (Å²) in [5, 5.41) is 2.94. The van der Waals surface area contributed by atoms with Crippen LogP contribution >= 0.6 is 11.6 Å². The largest absolute Gasteiger partial charge is 0.440 e. The normalized spacial score (nSPS) is 9.70. The zero-order valence-electron chi connectivity index (χ0n) is 10.7. The lowest BCUT2D eigenvalue weighted by Gasteiger charge is -2.04. The third-order valence-corrected chi connectivity index (χ3v) is 2.71. The Hall–Kier alpha value is -2.22. The molecule has 4 nitrogen and oxygen atoms in total. The van der Waals surface area contributed by atoms with Gasteiger partial charge in [-0.05, 0) is 41.4 Å². The summed E-state index contributed by atoms with van der Waals surface area (Å²) in [6.45, 7) is 0.704. The molecule has 0 fully saturated rings. The molecule has 0 radical (unpaired) electrons. The van der Waals surface area contributed by atoms with Gasteiger partial charge in [-0.3, -0.25) is 4.79 Å². The van der Waals surface area contributed by atoms with E-state index in [1.165, 1.54) is 12.1 Å². The number of rotatable bonds is 3. The molecule has 0 saturated carbocycles. The number of benzene rings is 1. The SMILES string of the molecule is NCC#Cc1cccc(CNC(=O)c2ccc(Cl)o2)c1. The molecule has 0 aliphatic carbocycles. The van der Waals surface area contributed by atoms with Gasteiger partial charge in [0.2, 0.25) is 0 Å². The molecule has 0 atom stereocenters. The molecule has 0 bridgehead atoms. The fourth-order valence-corrected chi connectivity index (χ4v) is 1.76. The molecule has 2 rings (SSSR count). The summed E-state index contributed by atoms with van der Waals surface area (Å²) in [5.74, 6) is 5.61. The van der Waals surface area contributed by atoms with Crippen molar-refractivity contribution in [3.63, 3.8) is 0 Å². The quantitative estimate of drug-likeness (QED) is 0.851. The van der Waals surface area contributed by atoms with Crippen LogP contribution in [0.2, 0.25) is 5.22 Å². The van der Waals surface area contributed by atoms with Gasteiger partial charge in [-0.1, -0.05) is 24.0 Å². The molecule has 2 aromatic rings. The van der Waals surface area contributed by atoms with E-state index in [9.17, 15) is 4.79 Å². The molecule has 1 aromatic carbocycles. The summed E-state index contributed by atoms with van der Waals surface area (Å²) in [5.41, 5.74) is 7.14. The molecule has 5 heteroatoms. The first kappa shape index (κ1) is 14.2. The molecule has 1 amide bonds. The number of nitrogens with one attached hydrogen (secondary N) is 1. The molecule has 3 N–H and O–H groups in total. The van der Waals surface area contributed by atoms with Crippen molar-refractivity contribution in [2.45, 2.75) is 6.54 Å². The van der Waals surface area contributed by atoms with Crippen molar-refractivity contribution >= 4 is 17.5 Å². The summed E-state index contributed by atoms with van der Waals surface area (Å²) < 4.78 is 5.03. The van der Waals surface area contributed by atoms with Gasteiger partial charge in [-0.15, -0.1) is 0 Å². The predicted molar refractivity (Wildman–Crippen MR) is 77.3 cm³/mol. The third-order valence-electron chi connectivity index (χ3n) is 2.51. The van der Waals surface area contributed by atoms with Crippen LogP contribution in [-0.2, 0) is 6.54 Å². The molecule has 102 valence electrons. The number of hydrogen-bond acceptors (Lipinski definition) is 3. The highest BCUT2D eigenvalue weighted by molar-refractivity contribution is 6.29. The van der Waals surface area contributed by atoms with Gasteiger partial charge in [0, 0.05) is 12.1 Å². The van der Waals surface area contributed by atoms with E-state index in [2.05, 4.69) is 17.2 Å². The standard InChI is InChI=1S/C15H13ClN2O2/c16-14-7-6-13(20-14)15(19)18-10-12-4-1-3-11(9-12)5-2-8-17/h1,3-4,6-7,9H,8,10,17H2,(H,18,19). The Bertz CT molecular complexity index is 668. The summed E-state index contributed by atoms with van der Waals surface area (Å²) in [6, 6.07) is 10.6. The van der Waals surface area contributed by atoms with Crippen LogP contribution in [0.1, 0.15) is 21.7 Å². The van der Waals surface area contributed by atoms with E-state index < -0.39 is 0 Å². The average Bonchev–Trinajstić information content (AvgIpc) is 2.90. The number of amides is 1. The summed E-state index contributed by atoms with van der Waals surface area (Å²) in [7, 11) is 0. The Morgan fingerprint density at radius 2 is 2.20 bits per heavy atom. The van der Waals surface area contributed by atoms with Crippen molar-refractivity contribution in [1.82, 2.24) is 5.32 Å². The Morgan fingerprint density at radius 1 is 1.35 bits per heavy atom. The van der Waals surface area contributed by atoms with Gasteiger partial charge >= 0.3 is 0 Å². The number of carbonyl (C=O) groups excluding carboxylic acids is 1. The number of halogens is 1. The van der Waals surface area contributed by atoms with Crippen molar-refractivity contribution in [3.05, 3.63) is 58.5 Å². The molecule has 0 aliphatic heterocycles. The Kier molecular flexibility index (Phi) is 4.83. The first-order valence-corrected chi connectivity index (χ1v) is 6.38. The van der Waals surface area contributed by atoms with Crippen LogP contribution in [0.5, 0.6) is 0 Å². The lowest BCUT2D eigenvalue weighted by atomic mass is 10.1. The molecular weight excluding hydrogens is 276 g/mol. The number of hydrogen-bond donors (Lipinski definition) is 2. The minimum Gasteiger partial charge on any atom is -0.440 e. The van der Waals surface area contributed by atoms with E-state index >= 15 is 0 Å². The van der Waals surface area contributed by atoms with Crippen molar-refractivity contribution in [2.75, 3.05) is 6.54 Å². The Labute approximate surface area is 121 Å². The highest BCUT2D eigenvalue weighted by atomic mass is 35.5. The third kappa shape index (κ3) is 3.89. The zero-order chi connectivity index (χ0) is 14.4. The van der Waals surface area contributed by atoms with Gasteiger partial charge in [-0.2, -0.15) is 0 Å². The van der Waals surface area contributed by atoms with Gasteiger partial charge in [0.1, 0.15) is 0 Å². The topological polar surface area (TPSA) is 68.3 Å². The van der Waals surface area contributed by atoms with E-state index in [-0.39, 0.29) is 16.9 Å². The average molecular weight is 289 g/mol. The number of nitrogens with two attached hydrogens (primary N) is 1. The Morgan fingerprint density at radius 3 is 2.90 bits per heavy atom. The van der Waals surface area contributed by atoms with Gasteiger partial charge in [-0.25, -0.2) is 0 Å². The van der Waals surface area contributed by atoms with E-state index in [1.54, 1.807) is 0 Å². The monoisotopic (exact) mass is 288 g/mol. The maximum atomic E-state index is 11.8. The maximum Gasteiger partial charge on any atom is 0.287 e. The van der Waals surface area contributed by atoms with E-state index in [0.717, 1.165) is 11.1 Å². The lowest BCUT2D eigenvalue weighted by molar-refractivity contribution is 0.0923. The second-order valence-corrected chi connectivity index (χ2v) is 4.37. The van der Waals surface area contributed by atoms with E-state index in [1.807, 2.05) is 24.3 Å². The molecule has 1 aromatic heterocycles. The maximum absolute atomic E-state index is 11.8. The minimum atomic E-state index is -0.310. The lowest BCUT2D eigenvalue weighted by Crippen LogP contribution is -2.22. The molecule has 0 unspecified atom stereocenters. The second kappa shape index (κ2) is 6.80. The Balaban J connectivity index is 1.98. The summed E-state index contributed by atoms with van der Waals surface area (Å²) in [4.78, 5) is 11.8. The van der Waals surface area contributed by atoms with Gasteiger partial charge < -0.3 is 15.5 Å². The van der Waals surface area contributed by atoms with Crippen LogP contribution < -0.4 is 11.1 Å². The number of furan rings is 1. The fraction of sp³-hybridized carbons (Fsp3) is 0.133. The summed E-state index contributed by atoms with van der Waals surface area (Å²) in [6.07, 6.45) is 0. The van der Waals surface area contributed by atoms with Crippen LogP contribution in [0, 0.1) is 11.8 Å². The van der Waals surface area contributed by atoms with Gasteiger partial charge in [0.05, 0.1) is 6.54 Å². The first-order chi connectivity index (χ1) is 9.69. The van der Waals surface area contributed by atoms with Crippen molar-refractivity contribution in [2.24, 2.45) is 5.73 Å². The molecule has 0 spiro atoms. The van der Waals surface area contributed by atoms with Crippen LogP contribution in [0.4, 0.5) is 0 Å². The summed E-state index contributed by atoms with van der Waals surface area (Å²) >= 11 is 5.62. The van der Waals surface area contributed by atoms with Gasteiger partial charge in [0.25, 0.3) is 5.91 Å². The van der Waals surface area contributed by atoms with Crippen molar-refractivity contribution in [1.29, 1.82) is 0 Å². The number of carbonyl (C=O) groups is 1. The van der Waals surface area contributed by atoms with Crippen LogP contribution in [0.15, 0.2) is 40.8 Å². The smallest absolute Gasteiger partial charge is 0.287 e. The van der Waals surface area contributed by atoms with Gasteiger partial charge in [0.15, 0.2) is 11.0 Å². The highest BCUT2D eigenvalue weighted by Gasteiger charge is 2.09. The highest BCUT2D eigenvalue weighted by Crippen LogP contribution is 2.13.